The second kappa shape index (κ2) is 9.84. The lowest BCUT2D eigenvalue weighted by molar-refractivity contribution is -0.129. The molecule has 1 heterocycles. The molecule has 1 aromatic carbocycles. The number of benzene rings is 1. The van der Waals surface area contributed by atoms with Crippen molar-refractivity contribution >= 4 is 35.3 Å². The van der Waals surface area contributed by atoms with Crippen molar-refractivity contribution in [2.24, 2.45) is 0 Å². The van der Waals surface area contributed by atoms with Crippen molar-refractivity contribution in [1.29, 1.82) is 0 Å². The summed E-state index contributed by atoms with van der Waals surface area (Å²) >= 11 is 3.91. The van der Waals surface area contributed by atoms with Crippen LogP contribution in [-0.4, -0.2) is 42.5 Å². The van der Waals surface area contributed by atoms with Crippen molar-refractivity contribution in [1.82, 2.24) is 10.6 Å². The van der Waals surface area contributed by atoms with Gasteiger partial charge in [-0.3, -0.25) is 9.59 Å². The minimum absolute atomic E-state index is 0.0995. The van der Waals surface area contributed by atoms with E-state index in [-0.39, 0.29) is 18.4 Å². The van der Waals surface area contributed by atoms with E-state index < -0.39 is 6.04 Å². The predicted molar refractivity (Wildman–Crippen MR) is 100 cm³/mol. The third kappa shape index (κ3) is 5.94. The maximum Gasteiger partial charge on any atom is 0.258 e. The molecular weight excluding hydrogens is 344 g/mol. The molecule has 0 spiro atoms. The minimum Gasteiger partial charge on any atom is -0.484 e. The smallest absolute Gasteiger partial charge is 0.258 e. The zero-order valence-corrected chi connectivity index (χ0v) is 15.7. The lowest BCUT2D eigenvalue weighted by atomic mass is 10.2. The van der Waals surface area contributed by atoms with Gasteiger partial charge in [-0.25, -0.2) is 0 Å². The van der Waals surface area contributed by atoms with Crippen LogP contribution in [0, 0.1) is 0 Å². The van der Waals surface area contributed by atoms with Crippen molar-refractivity contribution < 1.29 is 14.3 Å². The fraction of sp³-hybridized carbons (Fsp3) is 0.529. The van der Waals surface area contributed by atoms with Gasteiger partial charge in [0.25, 0.3) is 5.91 Å². The summed E-state index contributed by atoms with van der Waals surface area (Å²) in [6, 6.07) is 7.30. The predicted octanol–water partition coefficient (Wildman–Crippen LogP) is 2.57. The van der Waals surface area contributed by atoms with Crippen molar-refractivity contribution in [2.45, 2.75) is 30.9 Å². The highest BCUT2D eigenvalue weighted by Gasteiger charge is 2.18. The summed E-state index contributed by atoms with van der Waals surface area (Å²) in [5.74, 6) is 2.56. The van der Waals surface area contributed by atoms with E-state index in [9.17, 15) is 9.59 Å². The second-order valence-corrected chi connectivity index (χ2v) is 8.24. The first-order valence-electron chi connectivity index (χ1n) is 8.13. The van der Waals surface area contributed by atoms with Crippen LogP contribution in [0.15, 0.2) is 24.3 Å². The third-order valence-electron chi connectivity index (χ3n) is 3.46. The zero-order valence-electron chi connectivity index (χ0n) is 14.0. The molecule has 0 unspecified atom stereocenters. The van der Waals surface area contributed by atoms with Crippen molar-refractivity contribution in [3.8, 4) is 5.75 Å². The molecule has 1 saturated heterocycles. The van der Waals surface area contributed by atoms with Crippen LogP contribution < -0.4 is 15.4 Å². The van der Waals surface area contributed by atoms with Crippen LogP contribution in [0.5, 0.6) is 5.75 Å². The standard InChI is InChI=1S/C17H24N2O3S2/c1-3-8-18-16(21)12(2)19-15(20)11-22-14-6-4-13(5-7-14)17-23-9-10-24-17/h4-7,12,17H,3,8-11H2,1-2H3,(H,18,21)(H,19,20)/t12-/m1/s1. The van der Waals surface area contributed by atoms with Crippen LogP contribution in [0.25, 0.3) is 0 Å². The second-order valence-electron chi connectivity index (χ2n) is 5.51. The van der Waals surface area contributed by atoms with Crippen LogP contribution in [0.1, 0.15) is 30.4 Å². The van der Waals surface area contributed by atoms with Gasteiger partial charge in [-0.2, -0.15) is 0 Å². The normalized spacial score (nSPS) is 15.8. The molecule has 0 aliphatic carbocycles. The molecular formula is C17H24N2O3S2. The van der Waals surface area contributed by atoms with E-state index in [2.05, 4.69) is 10.6 Å². The van der Waals surface area contributed by atoms with Crippen LogP contribution in [-0.2, 0) is 9.59 Å². The molecule has 1 aliphatic rings. The van der Waals surface area contributed by atoms with E-state index in [0.717, 1.165) is 6.42 Å². The summed E-state index contributed by atoms with van der Waals surface area (Å²) in [4.78, 5) is 23.6. The third-order valence-corrected chi connectivity index (χ3v) is 6.57. The number of hydrogen-bond acceptors (Lipinski definition) is 5. The Hall–Kier alpha value is -1.34. The lowest BCUT2D eigenvalue weighted by Gasteiger charge is -2.14. The number of thioether (sulfide) groups is 2. The summed E-state index contributed by atoms with van der Waals surface area (Å²) in [7, 11) is 0. The molecule has 0 saturated carbocycles. The number of carbonyl (C=O) groups is 2. The average molecular weight is 369 g/mol. The topological polar surface area (TPSA) is 67.4 Å². The van der Waals surface area contributed by atoms with Crippen LogP contribution in [0.3, 0.4) is 0 Å². The summed E-state index contributed by atoms with van der Waals surface area (Å²) in [5.41, 5.74) is 1.28. The van der Waals surface area contributed by atoms with Gasteiger partial charge >= 0.3 is 0 Å². The molecule has 2 amide bonds. The first-order valence-corrected chi connectivity index (χ1v) is 10.2. The molecule has 0 radical (unpaired) electrons. The fourth-order valence-electron chi connectivity index (χ4n) is 2.17. The van der Waals surface area contributed by atoms with E-state index in [1.807, 2.05) is 54.7 Å². The number of rotatable bonds is 8. The van der Waals surface area contributed by atoms with Gasteiger partial charge in [0, 0.05) is 18.1 Å². The Kier molecular flexibility index (Phi) is 7.78. The molecule has 2 N–H and O–H groups in total. The van der Waals surface area contributed by atoms with E-state index in [4.69, 9.17) is 4.74 Å². The van der Waals surface area contributed by atoms with Crippen LogP contribution >= 0.6 is 23.5 Å². The highest BCUT2D eigenvalue weighted by molar-refractivity contribution is 8.19. The van der Waals surface area contributed by atoms with E-state index in [1.54, 1.807) is 6.92 Å². The number of nitrogens with one attached hydrogen (secondary N) is 2. The Labute approximate surface area is 151 Å². The van der Waals surface area contributed by atoms with Gasteiger partial charge in [-0.1, -0.05) is 19.1 Å². The molecule has 1 aromatic rings. The largest absolute Gasteiger partial charge is 0.484 e. The van der Waals surface area contributed by atoms with Gasteiger partial charge in [-0.05, 0) is 31.0 Å². The Balaban J connectivity index is 1.74. The van der Waals surface area contributed by atoms with Crippen molar-refractivity contribution in [2.75, 3.05) is 24.7 Å². The average Bonchev–Trinajstić information content (AvgIpc) is 3.12. The SMILES string of the molecule is CCCNC(=O)[C@@H](C)NC(=O)COc1ccc(C2SCCS2)cc1. The van der Waals surface area contributed by atoms with Crippen LogP contribution in [0.4, 0.5) is 0 Å². The molecule has 2 rings (SSSR count). The van der Waals surface area contributed by atoms with E-state index in [1.165, 1.54) is 17.1 Å². The van der Waals surface area contributed by atoms with Gasteiger partial charge in [-0.15, -0.1) is 23.5 Å². The number of ether oxygens (including phenoxy) is 1. The Bertz CT molecular complexity index is 545. The van der Waals surface area contributed by atoms with Gasteiger partial charge in [0.1, 0.15) is 11.8 Å². The lowest BCUT2D eigenvalue weighted by Crippen LogP contribution is -2.46. The van der Waals surface area contributed by atoms with Crippen molar-refractivity contribution in [3.05, 3.63) is 29.8 Å². The molecule has 5 nitrogen and oxygen atoms in total. The maximum absolute atomic E-state index is 11.9. The van der Waals surface area contributed by atoms with Crippen molar-refractivity contribution in [3.63, 3.8) is 0 Å². The summed E-state index contributed by atoms with van der Waals surface area (Å²) < 4.78 is 5.99. The van der Waals surface area contributed by atoms with Gasteiger partial charge < -0.3 is 15.4 Å². The molecule has 7 heteroatoms. The maximum atomic E-state index is 11.9. The quantitative estimate of drug-likeness (QED) is 0.738. The fourth-order valence-corrected chi connectivity index (χ4v) is 5.03. The van der Waals surface area contributed by atoms with E-state index in [0.29, 0.717) is 16.9 Å². The Morgan fingerprint density at radius 2 is 1.92 bits per heavy atom. The molecule has 132 valence electrons. The van der Waals surface area contributed by atoms with Gasteiger partial charge in [0.2, 0.25) is 5.91 Å². The molecule has 1 atom stereocenters. The monoisotopic (exact) mass is 368 g/mol. The van der Waals surface area contributed by atoms with E-state index >= 15 is 0 Å². The number of carbonyl (C=O) groups excluding carboxylic acids is 2. The summed E-state index contributed by atoms with van der Waals surface area (Å²) in [6.07, 6.45) is 0.864. The zero-order chi connectivity index (χ0) is 17.4. The minimum atomic E-state index is -0.563. The molecule has 24 heavy (non-hydrogen) atoms. The Morgan fingerprint density at radius 1 is 1.25 bits per heavy atom. The Morgan fingerprint density at radius 3 is 2.54 bits per heavy atom. The first-order chi connectivity index (χ1) is 11.6. The first kappa shape index (κ1) is 19.0. The molecule has 1 fully saturated rings. The molecule has 0 aromatic heterocycles. The number of amides is 2. The summed E-state index contributed by atoms with van der Waals surface area (Å²) in [6.45, 7) is 4.15. The number of hydrogen-bond donors (Lipinski definition) is 2. The van der Waals surface area contributed by atoms with Gasteiger partial charge in [0.05, 0.1) is 4.58 Å². The van der Waals surface area contributed by atoms with Gasteiger partial charge in [0.15, 0.2) is 6.61 Å². The molecule has 1 aliphatic heterocycles. The molecule has 0 bridgehead atoms. The van der Waals surface area contributed by atoms with Crippen LogP contribution in [0.2, 0.25) is 0 Å². The highest BCUT2D eigenvalue weighted by atomic mass is 32.2. The summed E-state index contributed by atoms with van der Waals surface area (Å²) in [5, 5.41) is 5.38. The highest BCUT2D eigenvalue weighted by Crippen LogP contribution is 2.45.